The number of amides is 1. The molecule has 2 aliphatic rings. The van der Waals surface area contributed by atoms with Crippen molar-refractivity contribution in [1.29, 1.82) is 0 Å². The highest BCUT2D eigenvalue weighted by molar-refractivity contribution is 5.83. The van der Waals surface area contributed by atoms with Crippen LogP contribution in [-0.2, 0) is 4.79 Å². The van der Waals surface area contributed by atoms with Gasteiger partial charge in [-0.05, 0) is 38.5 Å². The van der Waals surface area contributed by atoms with Gasteiger partial charge in [0.05, 0.1) is 0 Å². The second-order valence-electron chi connectivity index (χ2n) is 6.78. The molecule has 0 spiro atoms. The number of nitrogens with zero attached hydrogens (tertiary/aromatic N) is 3. The fourth-order valence-corrected chi connectivity index (χ4v) is 3.67. The molecule has 2 N–H and O–H groups in total. The van der Waals surface area contributed by atoms with E-state index in [0.717, 1.165) is 31.7 Å². The number of likely N-dealkylation sites (tertiary alicyclic amines) is 1. The summed E-state index contributed by atoms with van der Waals surface area (Å²) in [4.78, 5) is 19.5. The number of piperidine rings is 1. The molecule has 3 rings (SSSR count). The molecule has 2 fully saturated rings. The predicted octanol–water partition coefficient (Wildman–Crippen LogP) is 0.925. The molecule has 0 bridgehead atoms. The second kappa shape index (κ2) is 7.43. The van der Waals surface area contributed by atoms with Crippen LogP contribution in [0, 0.1) is 0 Å². The van der Waals surface area contributed by atoms with E-state index >= 15 is 0 Å². The van der Waals surface area contributed by atoms with E-state index in [4.69, 9.17) is 5.73 Å². The SMILES string of the molecule is CN1CCC(N2CCN([14C](=O)[C@H](N)c3ccccc3)CC2)CC1. The number of hydrogen-bond donors (Lipinski definition) is 1. The van der Waals surface area contributed by atoms with Crippen LogP contribution in [0.15, 0.2) is 30.3 Å². The quantitative estimate of drug-likeness (QED) is 0.901. The van der Waals surface area contributed by atoms with Gasteiger partial charge in [-0.2, -0.15) is 0 Å². The average Bonchev–Trinajstić information content (AvgIpc) is 2.62. The molecule has 0 saturated carbocycles. The maximum atomic E-state index is 12.6. The Morgan fingerprint density at radius 3 is 2.26 bits per heavy atom. The number of carbonyl (C=O) groups is 1. The van der Waals surface area contributed by atoms with E-state index in [1.807, 2.05) is 35.2 Å². The molecule has 1 amide bonds. The van der Waals surface area contributed by atoms with Crippen molar-refractivity contribution in [3.8, 4) is 0 Å². The van der Waals surface area contributed by atoms with Gasteiger partial charge in [-0.1, -0.05) is 30.3 Å². The highest BCUT2D eigenvalue weighted by Crippen LogP contribution is 2.19. The van der Waals surface area contributed by atoms with Gasteiger partial charge in [0.15, 0.2) is 0 Å². The van der Waals surface area contributed by atoms with Crippen molar-refractivity contribution in [2.45, 2.75) is 24.9 Å². The highest BCUT2D eigenvalue weighted by Gasteiger charge is 2.30. The van der Waals surface area contributed by atoms with Gasteiger partial charge in [0, 0.05) is 32.2 Å². The van der Waals surface area contributed by atoms with Crippen LogP contribution in [0.5, 0.6) is 0 Å². The van der Waals surface area contributed by atoms with E-state index in [-0.39, 0.29) is 5.91 Å². The van der Waals surface area contributed by atoms with Crippen LogP contribution in [-0.4, -0.2) is 73.0 Å². The summed E-state index contributed by atoms with van der Waals surface area (Å²) in [7, 11) is 2.19. The molecule has 2 heterocycles. The van der Waals surface area contributed by atoms with Gasteiger partial charge in [0.1, 0.15) is 6.04 Å². The largest absolute Gasteiger partial charge is 0.338 e. The van der Waals surface area contributed by atoms with E-state index < -0.39 is 6.04 Å². The van der Waals surface area contributed by atoms with Crippen molar-refractivity contribution in [1.82, 2.24) is 14.7 Å². The van der Waals surface area contributed by atoms with Gasteiger partial charge in [0.2, 0.25) is 5.91 Å². The molecule has 2 saturated heterocycles. The molecule has 0 aliphatic carbocycles. The Kier molecular flexibility index (Phi) is 5.30. The normalized spacial score (nSPS) is 23.0. The van der Waals surface area contributed by atoms with Crippen LogP contribution in [0.4, 0.5) is 0 Å². The van der Waals surface area contributed by atoms with E-state index in [9.17, 15) is 4.79 Å². The first-order chi connectivity index (χ1) is 11.1. The maximum Gasteiger partial charge on any atom is 0.244 e. The Bertz CT molecular complexity index is 505. The van der Waals surface area contributed by atoms with Crippen LogP contribution in [0.3, 0.4) is 0 Å². The fraction of sp³-hybridized carbons (Fsp3) is 0.611. The number of rotatable bonds is 3. The summed E-state index contributed by atoms with van der Waals surface area (Å²) in [6, 6.07) is 9.81. The van der Waals surface area contributed by atoms with Gasteiger partial charge in [-0.3, -0.25) is 9.69 Å². The van der Waals surface area contributed by atoms with Crippen molar-refractivity contribution < 1.29 is 4.79 Å². The summed E-state index contributed by atoms with van der Waals surface area (Å²) in [5, 5.41) is 0. The summed E-state index contributed by atoms with van der Waals surface area (Å²) < 4.78 is 0. The average molecular weight is 318 g/mol. The van der Waals surface area contributed by atoms with Crippen LogP contribution < -0.4 is 5.73 Å². The van der Waals surface area contributed by atoms with Gasteiger partial charge in [0.25, 0.3) is 0 Å². The molecule has 5 nitrogen and oxygen atoms in total. The Morgan fingerprint density at radius 2 is 1.65 bits per heavy atom. The van der Waals surface area contributed by atoms with Gasteiger partial charge >= 0.3 is 0 Å². The third-order valence-electron chi connectivity index (χ3n) is 5.26. The standard InChI is InChI=1S/C18H28N4O/c1-20-9-7-16(8-10-20)21-11-13-22(14-12-21)18(23)17(19)15-5-3-2-4-6-15/h2-6,16-17H,7-14,19H2,1H3/t17-/m1/s1/i18+2. The van der Waals surface area contributed by atoms with E-state index in [2.05, 4.69) is 16.8 Å². The molecule has 0 unspecified atom stereocenters. The maximum absolute atomic E-state index is 12.6. The minimum absolute atomic E-state index is 0.0548. The Morgan fingerprint density at radius 1 is 1.04 bits per heavy atom. The van der Waals surface area contributed by atoms with Crippen LogP contribution in [0.2, 0.25) is 0 Å². The smallest absolute Gasteiger partial charge is 0.244 e. The third kappa shape index (κ3) is 3.91. The summed E-state index contributed by atoms with van der Waals surface area (Å²) >= 11 is 0. The first kappa shape index (κ1) is 16.4. The molecule has 1 aromatic carbocycles. The van der Waals surface area contributed by atoms with Gasteiger partial charge in [-0.25, -0.2) is 0 Å². The van der Waals surface area contributed by atoms with Crippen molar-refractivity contribution in [3.63, 3.8) is 0 Å². The Labute approximate surface area is 139 Å². The molecular weight excluding hydrogens is 290 g/mol. The zero-order valence-electron chi connectivity index (χ0n) is 14.0. The van der Waals surface area contributed by atoms with Crippen LogP contribution in [0.1, 0.15) is 24.4 Å². The lowest BCUT2D eigenvalue weighted by Crippen LogP contribution is -2.55. The molecule has 2 aliphatic heterocycles. The third-order valence-corrected chi connectivity index (χ3v) is 5.26. The number of benzene rings is 1. The summed E-state index contributed by atoms with van der Waals surface area (Å²) in [5.41, 5.74) is 7.05. The molecule has 1 aromatic rings. The van der Waals surface area contributed by atoms with Crippen molar-refractivity contribution in [3.05, 3.63) is 35.9 Å². The van der Waals surface area contributed by atoms with Crippen molar-refractivity contribution in [2.24, 2.45) is 5.73 Å². The minimum atomic E-state index is -0.536. The fourth-order valence-electron chi connectivity index (χ4n) is 3.67. The number of piperazine rings is 1. The number of nitrogens with two attached hydrogens (primary N) is 1. The van der Waals surface area contributed by atoms with Crippen molar-refractivity contribution >= 4 is 5.91 Å². The first-order valence-electron chi connectivity index (χ1n) is 8.67. The molecule has 126 valence electrons. The lowest BCUT2D eigenvalue weighted by atomic mass is 10.0. The monoisotopic (exact) mass is 318 g/mol. The molecule has 5 heteroatoms. The van der Waals surface area contributed by atoms with E-state index in [1.54, 1.807) is 0 Å². The highest BCUT2D eigenvalue weighted by atomic mass is 16.3. The topological polar surface area (TPSA) is 52.8 Å². The second-order valence-corrected chi connectivity index (χ2v) is 6.78. The summed E-state index contributed by atoms with van der Waals surface area (Å²) in [5.74, 6) is 0.0548. The molecule has 1 atom stereocenters. The lowest BCUT2D eigenvalue weighted by Gasteiger charge is -2.42. The van der Waals surface area contributed by atoms with E-state index in [0.29, 0.717) is 6.04 Å². The first-order valence-corrected chi connectivity index (χ1v) is 8.67. The summed E-state index contributed by atoms with van der Waals surface area (Å²) in [6.07, 6.45) is 2.49. The van der Waals surface area contributed by atoms with E-state index in [1.165, 1.54) is 25.9 Å². The van der Waals surface area contributed by atoms with Gasteiger partial charge < -0.3 is 15.5 Å². The van der Waals surface area contributed by atoms with Crippen molar-refractivity contribution in [2.75, 3.05) is 46.3 Å². The Balaban J connectivity index is 1.51. The van der Waals surface area contributed by atoms with Crippen LogP contribution >= 0.6 is 0 Å². The zero-order chi connectivity index (χ0) is 16.2. The summed E-state index contributed by atoms with van der Waals surface area (Å²) in [6.45, 7) is 5.91. The van der Waals surface area contributed by atoms with Gasteiger partial charge in [-0.15, -0.1) is 0 Å². The van der Waals surface area contributed by atoms with Crippen LogP contribution in [0.25, 0.3) is 0 Å². The molecular formula is C18H28N4O. The lowest BCUT2D eigenvalue weighted by molar-refractivity contribution is -0.135. The molecule has 0 aromatic heterocycles. The Hall–Kier alpha value is -1.43. The predicted molar refractivity (Wildman–Crippen MR) is 92.0 cm³/mol. The number of carbonyl (C=O) groups excluding carboxylic acids is 1. The number of hydrogen-bond acceptors (Lipinski definition) is 4. The molecule has 0 radical (unpaired) electrons. The zero-order valence-corrected chi connectivity index (χ0v) is 14.0. The molecule has 23 heavy (non-hydrogen) atoms. The minimum Gasteiger partial charge on any atom is -0.338 e.